The molecule has 2 atom stereocenters. The maximum Gasteiger partial charge on any atom is 0.243 e. The predicted molar refractivity (Wildman–Crippen MR) is 83.8 cm³/mol. The minimum Gasteiger partial charge on any atom is -0.345 e. The average molecular weight is 302 g/mol. The van der Waals surface area contributed by atoms with Crippen LogP contribution in [0.15, 0.2) is 0 Å². The molecule has 0 aliphatic carbocycles. The van der Waals surface area contributed by atoms with Gasteiger partial charge in [0.1, 0.15) is 12.3 Å². The molecule has 7 heteroatoms. The van der Waals surface area contributed by atoms with Gasteiger partial charge in [-0.1, -0.05) is 6.92 Å². The number of carbonyl (C=O) groups is 3. The van der Waals surface area contributed by atoms with Crippen LogP contribution in [-0.2, 0) is 14.4 Å². The van der Waals surface area contributed by atoms with Crippen LogP contribution in [0.25, 0.3) is 0 Å². The van der Waals surface area contributed by atoms with E-state index in [4.69, 9.17) is 5.73 Å². The van der Waals surface area contributed by atoms with E-state index in [-0.39, 0.29) is 11.8 Å². The van der Waals surface area contributed by atoms with Gasteiger partial charge in [0.15, 0.2) is 0 Å². The van der Waals surface area contributed by atoms with Gasteiger partial charge in [-0.15, -0.1) is 0 Å². The van der Waals surface area contributed by atoms with Gasteiger partial charge in [-0.05, 0) is 46.3 Å². The lowest BCUT2D eigenvalue weighted by Gasteiger charge is -2.18. The molecule has 0 radical (unpaired) electrons. The summed E-state index contributed by atoms with van der Waals surface area (Å²) in [6, 6.07) is -1.14. The third-order valence-corrected chi connectivity index (χ3v) is 2.57. The Balaban J connectivity index is 0. The molecule has 2 amide bonds. The zero-order valence-corrected chi connectivity index (χ0v) is 13.6. The van der Waals surface area contributed by atoms with Crippen molar-refractivity contribution >= 4 is 18.1 Å². The van der Waals surface area contributed by atoms with Crippen LogP contribution in [0.4, 0.5) is 0 Å². The van der Waals surface area contributed by atoms with Crippen LogP contribution < -0.4 is 21.7 Å². The lowest BCUT2D eigenvalue weighted by molar-refractivity contribution is -0.129. The summed E-state index contributed by atoms with van der Waals surface area (Å²) >= 11 is 0. The second-order valence-electron chi connectivity index (χ2n) is 4.68. The van der Waals surface area contributed by atoms with Gasteiger partial charge in [-0.3, -0.25) is 9.59 Å². The Morgan fingerprint density at radius 1 is 1.24 bits per heavy atom. The SMILES string of the molecule is CC(=O)NC(CCCCN)C(=O)NC(C)C=O.CCNC. The molecule has 0 aromatic carbocycles. The van der Waals surface area contributed by atoms with E-state index in [2.05, 4.69) is 22.9 Å². The maximum atomic E-state index is 11.7. The Bertz CT molecular complexity index is 296. The Morgan fingerprint density at radius 2 is 1.81 bits per heavy atom. The molecular formula is C14H30N4O3. The highest BCUT2D eigenvalue weighted by Crippen LogP contribution is 2.01. The van der Waals surface area contributed by atoms with Crippen LogP contribution in [0.5, 0.6) is 0 Å². The van der Waals surface area contributed by atoms with Crippen molar-refractivity contribution in [3.8, 4) is 0 Å². The van der Waals surface area contributed by atoms with Crippen LogP contribution in [-0.4, -0.2) is 50.3 Å². The summed E-state index contributed by atoms with van der Waals surface area (Å²) in [6.07, 6.45) is 2.72. The van der Waals surface area contributed by atoms with E-state index in [0.717, 1.165) is 19.4 Å². The van der Waals surface area contributed by atoms with E-state index in [1.165, 1.54) is 6.92 Å². The molecule has 0 bridgehead atoms. The van der Waals surface area contributed by atoms with Gasteiger partial charge >= 0.3 is 0 Å². The molecule has 0 rings (SSSR count). The smallest absolute Gasteiger partial charge is 0.243 e. The third kappa shape index (κ3) is 14.7. The van der Waals surface area contributed by atoms with Crippen LogP contribution in [0.3, 0.4) is 0 Å². The highest BCUT2D eigenvalue weighted by molar-refractivity contribution is 5.88. The second-order valence-corrected chi connectivity index (χ2v) is 4.68. The second kappa shape index (κ2) is 14.9. The molecule has 0 saturated carbocycles. The Morgan fingerprint density at radius 3 is 2.19 bits per heavy atom. The summed E-state index contributed by atoms with van der Waals surface area (Å²) in [7, 11) is 1.93. The van der Waals surface area contributed by atoms with E-state index in [1.54, 1.807) is 6.92 Å². The number of hydrogen-bond acceptors (Lipinski definition) is 5. The fourth-order valence-corrected chi connectivity index (χ4v) is 1.37. The van der Waals surface area contributed by atoms with Crippen molar-refractivity contribution in [1.29, 1.82) is 0 Å². The minimum atomic E-state index is -0.596. The van der Waals surface area contributed by atoms with E-state index in [0.29, 0.717) is 19.3 Å². The zero-order valence-electron chi connectivity index (χ0n) is 13.6. The molecule has 0 heterocycles. The summed E-state index contributed by atoms with van der Waals surface area (Å²) < 4.78 is 0. The normalized spacial score (nSPS) is 12.4. The van der Waals surface area contributed by atoms with Crippen LogP contribution in [0.2, 0.25) is 0 Å². The highest BCUT2D eigenvalue weighted by atomic mass is 16.2. The molecule has 7 nitrogen and oxygen atoms in total. The summed E-state index contributed by atoms with van der Waals surface area (Å²) in [5.41, 5.74) is 5.36. The van der Waals surface area contributed by atoms with E-state index in [9.17, 15) is 14.4 Å². The highest BCUT2D eigenvalue weighted by Gasteiger charge is 2.19. The fraction of sp³-hybridized carbons (Fsp3) is 0.786. The summed E-state index contributed by atoms with van der Waals surface area (Å²) in [6.45, 7) is 6.63. The first kappa shape index (κ1) is 21.8. The molecule has 21 heavy (non-hydrogen) atoms. The van der Waals surface area contributed by atoms with Crippen molar-refractivity contribution in [2.24, 2.45) is 5.73 Å². The molecule has 0 spiro atoms. The number of nitrogens with one attached hydrogen (secondary N) is 3. The largest absolute Gasteiger partial charge is 0.345 e. The first-order valence-corrected chi connectivity index (χ1v) is 7.30. The minimum absolute atomic E-state index is 0.267. The van der Waals surface area contributed by atoms with Crippen molar-refractivity contribution in [3.63, 3.8) is 0 Å². The predicted octanol–water partition coefficient (Wildman–Crippen LogP) is -0.451. The standard InChI is InChI=1S/C11H21N3O3.C3H9N/c1-8(7-15)13-11(17)10(14-9(2)16)5-3-4-6-12;1-3-4-2/h7-8,10H,3-6,12H2,1-2H3,(H,13,17)(H,14,16);4H,3H2,1-2H3. The number of amides is 2. The zero-order chi connectivity index (χ0) is 16.7. The summed E-state index contributed by atoms with van der Waals surface area (Å²) in [5.74, 6) is -0.603. The van der Waals surface area contributed by atoms with Gasteiger partial charge in [0.25, 0.3) is 0 Å². The van der Waals surface area contributed by atoms with Crippen molar-refractivity contribution in [2.75, 3.05) is 20.1 Å². The number of hydrogen-bond donors (Lipinski definition) is 4. The number of unbranched alkanes of at least 4 members (excludes halogenated alkanes) is 1. The van der Waals surface area contributed by atoms with Crippen molar-refractivity contribution in [3.05, 3.63) is 0 Å². The monoisotopic (exact) mass is 302 g/mol. The fourth-order valence-electron chi connectivity index (χ4n) is 1.37. The Labute approximate surface area is 127 Å². The molecule has 124 valence electrons. The Hall–Kier alpha value is -1.47. The summed E-state index contributed by atoms with van der Waals surface area (Å²) in [4.78, 5) is 33.1. The van der Waals surface area contributed by atoms with Gasteiger partial charge in [-0.25, -0.2) is 0 Å². The van der Waals surface area contributed by atoms with Gasteiger partial charge in [0.2, 0.25) is 11.8 Å². The van der Waals surface area contributed by atoms with Crippen molar-refractivity contribution < 1.29 is 14.4 Å². The average Bonchev–Trinajstić information content (AvgIpc) is 2.46. The van der Waals surface area contributed by atoms with Gasteiger partial charge in [0, 0.05) is 6.92 Å². The van der Waals surface area contributed by atoms with Crippen molar-refractivity contribution in [2.45, 2.75) is 52.1 Å². The molecule has 0 aromatic rings. The van der Waals surface area contributed by atoms with Crippen LogP contribution in [0.1, 0.15) is 40.0 Å². The quantitative estimate of drug-likeness (QED) is 0.340. The maximum absolute atomic E-state index is 11.7. The first-order chi connectivity index (χ1) is 9.92. The van der Waals surface area contributed by atoms with E-state index >= 15 is 0 Å². The number of carbonyl (C=O) groups excluding carboxylic acids is 3. The third-order valence-electron chi connectivity index (χ3n) is 2.57. The molecule has 2 unspecified atom stereocenters. The first-order valence-electron chi connectivity index (χ1n) is 7.30. The lowest BCUT2D eigenvalue weighted by Crippen LogP contribution is -2.48. The van der Waals surface area contributed by atoms with Crippen LogP contribution >= 0.6 is 0 Å². The van der Waals surface area contributed by atoms with Gasteiger partial charge in [-0.2, -0.15) is 0 Å². The molecule has 0 aliphatic rings. The topological polar surface area (TPSA) is 113 Å². The van der Waals surface area contributed by atoms with E-state index < -0.39 is 12.1 Å². The van der Waals surface area contributed by atoms with Crippen LogP contribution in [0, 0.1) is 0 Å². The number of aldehydes is 1. The molecule has 0 saturated heterocycles. The number of nitrogens with two attached hydrogens (primary N) is 1. The van der Waals surface area contributed by atoms with E-state index in [1.807, 2.05) is 7.05 Å². The molecule has 0 aliphatic heterocycles. The lowest BCUT2D eigenvalue weighted by atomic mass is 10.1. The molecular weight excluding hydrogens is 272 g/mol. The van der Waals surface area contributed by atoms with Gasteiger partial charge < -0.3 is 26.5 Å². The van der Waals surface area contributed by atoms with Gasteiger partial charge in [0.05, 0.1) is 6.04 Å². The van der Waals surface area contributed by atoms with Crippen molar-refractivity contribution in [1.82, 2.24) is 16.0 Å². The molecule has 0 fully saturated rings. The Kier molecular flexibility index (Phi) is 15.5. The molecule has 5 N–H and O–H groups in total. The molecule has 0 aromatic heterocycles. The number of rotatable bonds is 9. The summed E-state index contributed by atoms with van der Waals surface area (Å²) in [5, 5.41) is 8.00.